The zero-order valence-corrected chi connectivity index (χ0v) is 15.4. The third-order valence-electron chi connectivity index (χ3n) is 4.24. The van der Waals surface area contributed by atoms with Gasteiger partial charge >= 0.3 is 6.36 Å². The van der Waals surface area contributed by atoms with Crippen molar-refractivity contribution >= 4 is 16.9 Å². The first kappa shape index (κ1) is 20.0. The molecular formula is C18H11F3N6O4. The largest absolute Gasteiger partial charge is 0.573 e. The van der Waals surface area contributed by atoms with E-state index in [9.17, 15) is 28.1 Å². The molecule has 10 nitrogen and oxygen atoms in total. The van der Waals surface area contributed by atoms with Gasteiger partial charge in [0.05, 0.1) is 17.2 Å². The quantitative estimate of drug-likeness (QED) is 0.351. The zero-order chi connectivity index (χ0) is 22.2. The van der Waals surface area contributed by atoms with Gasteiger partial charge in [0, 0.05) is 12.1 Å². The molecule has 13 heteroatoms. The Hall–Kier alpha value is -4.29. The summed E-state index contributed by atoms with van der Waals surface area (Å²) in [5, 5.41) is 18.4. The monoisotopic (exact) mass is 432 g/mol. The molecule has 4 aromatic rings. The summed E-state index contributed by atoms with van der Waals surface area (Å²) in [6.07, 6.45) is -3.54. The van der Waals surface area contributed by atoms with Crippen molar-refractivity contribution in [3.05, 3.63) is 80.9 Å². The number of fused-ring (bicyclic) bond motifs is 1. The third-order valence-corrected chi connectivity index (χ3v) is 4.24. The summed E-state index contributed by atoms with van der Waals surface area (Å²) in [4.78, 5) is 27.1. The summed E-state index contributed by atoms with van der Waals surface area (Å²) < 4.78 is 43.2. The van der Waals surface area contributed by atoms with Gasteiger partial charge in [-0.05, 0) is 29.8 Å². The summed E-state index contributed by atoms with van der Waals surface area (Å²) in [6, 6.07) is 10.5. The van der Waals surface area contributed by atoms with E-state index in [0.717, 1.165) is 12.1 Å². The molecule has 0 aliphatic rings. The van der Waals surface area contributed by atoms with E-state index in [4.69, 9.17) is 0 Å². The number of ether oxygens (including phenoxy) is 1. The Kier molecular flexibility index (Phi) is 4.85. The molecule has 2 aromatic carbocycles. The first-order chi connectivity index (χ1) is 14.7. The zero-order valence-electron chi connectivity index (χ0n) is 15.4. The number of nitro benzene ring substituents is 1. The number of non-ortho nitro benzene ring substituents is 1. The van der Waals surface area contributed by atoms with E-state index < -0.39 is 22.6 Å². The summed E-state index contributed by atoms with van der Waals surface area (Å²) >= 11 is 0. The van der Waals surface area contributed by atoms with Crippen LogP contribution in [0.1, 0.15) is 5.56 Å². The number of nitrogens with zero attached hydrogens (tertiary/aromatic N) is 6. The maximum atomic E-state index is 12.7. The molecule has 0 spiro atoms. The van der Waals surface area contributed by atoms with Crippen molar-refractivity contribution in [2.45, 2.75) is 12.9 Å². The minimum Gasteiger partial charge on any atom is -0.406 e. The Morgan fingerprint density at radius 2 is 1.74 bits per heavy atom. The predicted molar refractivity (Wildman–Crippen MR) is 99.8 cm³/mol. The number of aromatic nitrogens is 5. The van der Waals surface area contributed by atoms with E-state index in [1.165, 1.54) is 52.0 Å². The average Bonchev–Trinajstić information content (AvgIpc) is 3.15. The van der Waals surface area contributed by atoms with Crippen LogP contribution in [0.3, 0.4) is 0 Å². The minimum atomic E-state index is -4.81. The molecule has 0 aliphatic heterocycles. The lowest BCUT2D eigenvalue weighted by Gasteiger charge is -2.09. The van der Waals surface area contributed by atoms with Crippen molar-refractivity contribution in [2.75, 3.05) is 0 Å². The molecule has 0 saturated carbocycles. The lowest BCUT2D eigenvalue weighted by molar-refractivity contribution is -0.384. The SMILES string of the molecule is O=c1c2nnn(-c3ccc(OC(F)(F)F)cc3)c2ncn1Cc1ccc([N+](=O)[O-])cc1. The summed E-state index contributed by atoms with van der Waals surface area (Å²) in [7, 11) is 0. The van der Waals surface area contributed by atoms with Gasteiger partial charge in [-0.1, -0.05) is 17.3 Å². The van der Waals surface area contributed by atoms with Gasteiger partial charge in [0.1, 0.15) is 12.1 Å². The maximum absolute atomic E-state index is 12.7. The van der Waals surface area contributed by atoms with E-state index in [1.54, 1.807) is 0 Å². The van der Waals surface area contributed by atoms with Gasteiger partial charge in [-0.3, -0.25) is 19.5 Å². The topological polar surface area (TPSA) is 118 Å². The van der Waals surface area contributed by atoms with Crippen LogP contribution in [0.4, 0.5) is 18.9 Å². The van der Waals surface area contributed by atoms with E-state index in [1.807, 2.05) is 0 Å². The van der Waals surface area contributed by atoms with Crippen LogP contribution in [0.2, 0.25) is 0 Å². The molecule has 4 rings (SSSR count). The second kappa shape index (κ2) is 7.51. The highest BCUT2D eigenvalue weighted by atomic mass is 19.4. The number of rotatable bonds is 5. The molecular weight excluding hydrogens is 421 g/mol. The second-order valence-electron chi connectivity index (χ2n) is 6.32. The number of halogens is 3. The first-order valence-electron chi connectivity index (χ1n) is 8.62. The van der Waals surface area contributed by atoms with Crippen molar-refractivity contribution in [3.63, 3.8) is 0 Å². The highest BCUT2D eigenvalue weighted by molar-refractivity contribution is 5.70. The molecule has 2 heterocycles. The van der Waals surface area contributed by atoms with Crippen molar-refractivity contribution in [1.29, 1.82) is 0 Å². The standard InChI is InChI=1S/C18H11F3N6O4/c19-18(20,21)31-14-7-5-12(6-8-14)26-16-15(23-24-26)17(28)25(10-22-16)9-11-1-3-13(4-2-11)27(29)30/h1-8,10H,9H2. The molecule has 0 bridgehead atoms. The van der Waals surface area contributed by atoms with Crippen LogP contribution >= 0.6 is 0 Å². The Morgan fingerprint density at radius 3 is 2.35 bits per heavy atom. The lowest BCUT2D eigenvalue weighted by Crippen LogP contribution is -2.21. The second-order valence-corrected chi connectivity index (χ2v) is 6.32. The molecule has 0 N–H and O–H groups in total. The Balaban J connectivity index is 1.62. The highest BCUT2D eigenvalue weighted by Gasteiger charge is 2.31. The normalized spacial score (nSPS) is 11.6. The molecule has 31 heavy (non-hydrogen) atoms. The predicted octanol–water partition coefficient (Wildman–Crippen LogP) is 2.83. The first-order valence-corrected chi connectivity index (χ1v) is 8.62. The summed E-state index contributed by atoms with van der Waals surface area (Å²) in [5.41, 5.74) is 0.485. The van der Waals surface area contributed by atoms with Crippen LogP contribution in [0, 0.1) is 10.1 Å². The summed E-state index contributed by atoms with van der Waals surface area (Å²) in [6.45, 7) is 0.107. The number of nitro groups is 1. The van der Waals surface area contributed by atoms with Crippen LogP contribution in [0.25, 0.3) is 16.9 Å². The molecule has 158 valence electrons. The minimum absolute atomic E-state index is 0.0416. The van der Waals surface area contributed by atoms with Gasteiger partial charge in [-0.15, -0.1) is 18.3 Å². The van der Waals surface area contributed by atoms with E-state index in [0.29, 0.717) is 11.3 Å². The molecule has 2 aromatic heterocycles. The van der Waals surface area contributed by atoms with Gasteiger partial charge in [0.15, 0.2) is 11.2 Å². The van der Waals surface area contributed by atoms with E-state index in [2.05, 4.69) is 20.0 Å². The maximum Gasteiger partial charge on any atom is 0.573 e. The van der Waals surface area contributed by atoms with E-state index in [-0.39, 0.29) is 23.4 Å². The molecule has 0 saturated heterocycles. The van der Waals surface area contributed by atoms with Crippen LogP contribution in [-0.4, -0.2) is 35.8 Å². The van der Waals surface area contributed by atoms with Crippen molar-refractivity contribution in [1.82, 2.24) is 24.5 Å². The van der Waals surface area contributed by atoms with Gasteiger partial charge in [-0.25, -0.2) is 4.98 Å². The molecule has 0 aliphatic carbocycles. The van der Waals surface area contributed by atoms with Gasteiger partial charge in [-0.2, -0.15) is 4.68 Å². The van der Waals surface area contributed by atoms with Crippen LogP contribution in [0.5, 0.6) is 5.75 Å². The van der Waals surface area contributed by atoms with Crippen LogP contribution in [0.15, 0.2) is 59.7 Å². The Morgan fingerprint density at radius 1 is 1.06 bits per heavy atom. The fraction of sp³-hybridized carbons (Fsp3) is 0.111. The van der Waals surface area contributed by atoms with Gasteiger partial charge in [0.2, 0.25) is 0 Å². The van der Waals surface area contributed by atoms with Crippen LogP contribution in [-0.2, 0) is 6.54 Å². The van der Waals surface area contributed by atoms with Crippen molar-refractivity contribution < 1.29 is 22.8 Å². The smallest absolute Gasteiger partial charge is 0.406 e. The number of benzene rings is 2. The summed E-state index contributed by atoms with van der Waals surface area (Å²) in [5.74, 6) is -0.404. The third kappa shape index (κ3) is 4.19. The highest BCUT2D eigenvalue weighted by Crippen LogP contribution is 2.24. The van der Waals surface area contributed by atoms with Gasteiger partial charge < -0.3 is 4.74 Å². The lowest BCUT2D eigenvalue weighted by atomic mass is 10.2. The molecule has 0 atom stereocenters. The van der Waals surface area contributed by atoms with Crippen molar-refractivity contribution in [3.8, 4) is 11.4 Å². The Labute approximate surface area is 170 Å². The number of hydrogen-bond acceptors (Lipinski definition) is 7. The van der Waals surface area contributed by atoms with Crippen molar-refractivity contribution in [2.24, 2.45) is 0 Å². The Bertz CT molecular complexity index is 1310. The molecule has 0 amide bonds. The molecule has 0 radical (unpaired) electrons. The average molecular weight is 432 g/mol. The number of hydrogen-bond donors (Lipinski definition) is 0. The fourth-order valence-electron chi connectivity index (χ4n) is 2.84. The molecule has 0 unspecified atom stereocenters. The number of alkyl halides is 3. The fourth-order valence-corrected chi connectivity index (χ4v) is 2.84. The van der Waals surface area contributed by atoms with Crippen LogP contribution < -0.4 is 10.3 Å². The molecule has 0 fully saturated rings. The van der Waals surface area contributed by atoms with Gasteiger partial charge in [0.25, 0.3) is 11.2 Å². The van der Waals surface area contributed by atoms with E-state index >= 15 is 0 Å².